The molecule has 1 fully saturated rings. The summed E-state index contributed by atoms with van der Waals surface area (Å²) in [5, 5.41) is 13.7. The third-order valence-electron chi connectivity index (χ3n) is 4.35. The molecule has 2 heterocycles. The Bertz CT molecular complexity index is 1020. The average molecular weight is 822 g/mol. The molecule has 1 aromatic rings. The van der Waals surface area contributed by atoms with Gasteiger partial charge in [-0.05, 0) is 46.9 Å². The summed E-state index contributed by atoms with van der Waals surface area (Å²) in [4.78, 5) is 38.4. The van der Waals surface area contributed by atoms with Crippen molar-refractivity contribution >= 4 is 117 Å². The molecule has 2 rings (SSSR count). The molecule has 240 valence electrons. The number of rotatable bonds is 10. The van der Waals surface area contributed by atoms with Crippen LogP contribution in [-0.4, -0.2) is 91.2 Å². The number of thiocarbonyl (C=S) groups is 2. The summed E-state index contributed by atoms with van der Waals surface area (Å²) < 4.78 is 32.8. The van der Waals surface area contributed by atoms with Gasteiger partial charge in [-0.2, -0.15) is 13.2 Å². The lowest BCUT2D eigenvalue weighted by Crippen LogP contribution is -2.47. The number of halogens is 4. The van der Waals surface area contributed by atoms with Crippen LogP contribution in [-0.2, 0) is 4.79 Å². The topological polar surface area (TPSA) is 93.8 Å². The van der Waals surface area contributed by atoms with Crippen LogP contribution in [0.25, 0.3) is 0 Å². The molecule has 0 spiro atoms. The van der Waals surface area contributed by atoms with Gasteiger partial charge >= 0.3 is 22.8 Å². The van der Waals surface area contributed by atoms with Gasteiger partial charge < -0.3 is 5.32 Å². The van der Waals surface area contributed by atoms with Crippen molar-refractivity contribution in [2.45, 2.75) is 52.2 Å². The Kier molecular flexibility index (Phi) is 25.7. The lowest BCUT2D eigenvalue weighted by atomic mass is 10.2. The second-order valence-electron chi connectivity index (χ2n) is 7.35. The van der Waals surface area contributed by atoms with Crippen LogP contribution < -0.4 is 10.0 Å². The Morgan fingerprint density at radius 1 is 1.29 bits per heavy atom. The highest BCUT2D eigenvalue weighted by atomic mass is 127. The van der Waals surface area contributed by atoms with Crippen molar-refractivity contribution in [1.82, 2.24) is 15.1 Å². The van der Waals surface area contributed by atoms with Crippen molar-refractivity contribution in [3.05, 3.63) is 23.4 Å². The quantitative estimate of drug-likeness (QED) is 0.0505. The number of nitrogens with zero attached hydrogens (tertiary/aromatic N) is 3. The van der Waals surface area contributed by atoms with Gasteiger partial charge in [0.1, 0.15) is 14.2 Å². The van der Waals surface area contributed by atoms with Crippen molar-refractivity contribution in [2.24, 2.45) is 0 Å². The van der Waals surface area contributed by atoms with Crippen molar-refractivity contribution in [1.29, 1.82) is 0 Å². The molecule has 1 saturated heterocycles. The molecule has 0 saturated carbocycles. The molecule has 0 aromatic carbocycles. The summed E-state index contributed by atoms with van der Waals surface area (Å²) >= 11 is 16.8. The first-order valence-corrected chi connectivity index (χ1v) is 20.1. The second kappa shape index (κ2) is 24.7. The number of hydrogen-bond donors (Lipinski definition) is 2. The van der Waals surface area contributed by atoms with E-state index in [1.807, 2.05) is 27.7 Å². The van der Waals surface area contributed by atoms with Gasteiger partial charge in [-0.3, -0.25) is 29.4 Å². The molecule has 2 N–H and O–H groups in total. The molecule has 18 heteroatoms. The molecule has 0 unspecified atom stereocenters. The molecule has 0 atom stereocenters. The summed E-state index contributed by atoms with van der Waals surface area (Å²) in [6.45, 7) is 9.73. The molecule has 1 aliphatic rings. The molecule has 0 radical (unpaired) electrons. The predicted molar refractivity (Wildman–Crippen MR) is 187 cm³/mol. The first-order chi connectivity index (χ1) is 19.8. The smallest absolute Gasteiger partial charge is 0.359 e. The maximum Gasteiger partial charge on any atom is 0.386 e. The Balaban J connectivity index is 0. The van der Waals surface area contributed by atoms with Gasteiger partial charge in [-0.15, -0.1) is 0 Å². The highest BCUT2D eigenvalue weighted by molar-refractivity contribution is 14.2. The number of amides is 3. The fourth-order valence-corrected chi connectivity index (χ4v) is 7.47. The minimum Gasteiger partial charge on any atom is -0.359 e. The van der Waals surface area contributed by atoms with Gasteiger partial charge in [0.05, 0.1) is 0 Å². The Morgan fingerprint density at radius 2 is 1.88 bits per heavy atom. The fraction of sp³-hybridized carbons (Fsp3) is 0.583. The highest BCUT2D eigenvalue weighted by Gasteiger charge is 2.36. The number of pyridine rings is 1. The third-order valence-corrected chi connectivity index (χ3v) is 10.1. The van der Waals surface area contributed by atoms with Gasteiger partial charge in [-0.1, -0.05) is 89.4 Å². The Hall–Kier alpha value is -0.540. The minimum atomic E-state index is -4.00. The summed E-state index contributed by atoms with van der Waals surface area (Å²) in [6, 6.07) is 3.05. The molecule has 3 amide bonds. The first-order valence-electron chi connectivity index (χ1n) is 12.6. The zero-order valence-electron chi connectivity index (χ0n) is 24.2. The molecule has 1 aromatic heterocycles. The number of carbonyl (C=O) groups excluding carboxylic acids is 3. The van der Waals surface area contributed by atoms with Crippen LogP contribution in [0.5, 0.6) is 0 Å². The molecule has 42 heavy (non-hydrogen) atoms. The largest absolute Gasteiger partial charge is 0.386 e. The standard InChI is InChI=1S/C16H19IN3O3S6.C4H9NO.C2H3F3.C2H6/c1-3-18(15(24)26-2)13(22)11-5-4-10(12(21)19-6-7-28-16(19)25)14(20(11)23)27-8-9-29-17;1-2-3-5-4-6;1-2(3,4)5;1-2/h4-5,23H,3,6-9H2,1-2H3;4H,2-3H2,1H3,(H,5,6);1H3;1-2H3/q+1;;;. The summed E-state index contributed by atoms with van der Waals surface area (Å²) in [6.07, 6.45) is -0.477. The lowest BCUT2D eigenvalue weighted by Gasteiger charge is -2.19. The van der Waals surface area contributed by atoms with E-state index in [2.05, 4.69) is 26.5 Å². The van der Waals surface area contributed by atoms with E-state index in [4.69, 9.17) is 24.4 Å². The van der Waals surface area contributed by atoms with Crippen LogP contribution in [0.4, 0.5) is 13.2 Å². The van der Waals surface area contributed by atoms with E-state index >= 15 is 0 Å². The van der Waals surface area contributed by atoms with Crippen LogP contribution in [0.3, 0.4) is 0 Å². The number of carbonyl (C=O) groups is 3. The van der Waals surface area contributed by atoms with E-state index in [9.17, 15) is 32.8 Å². The normalized spacial score (nSPS) is 12.0. The van der Waals surface area contributed by atoms with Crippen LogP contribution in [0, 0.1) is 0 Å². The van der Waals surface area contributed by atoms with E-state index in [0.29, 0.717) is 44.5 Å². The molecule has 0 bridgehead atoms. The van der Waals surface area contributed by atoms with Crippen molar-refractivity contribution in [3.63, 3.8) is 0 Å². The molecular formula is C24H37F3IN4O4S6+. The third kappa shape index (κ3) is 17.1. The molecule has 1 aliphatic heterocycles. The summed E-state index contributed by atoms with van der Waals surface area (Å²) in [5.41, 5.74) is 0.385. The van der Waals surface area contributed by atoms with Crippen LogP contribution in [0.1, 0.15) is 61.9 Å². The van der Waals surface area contributed by atoms with Crippen LogP contribution in [0.2, 0.25) is 0 Å². The van der Waals surface area contributed by atoms with Crippen molar-refractivity contribution in [2.75, 3.05) is 43.1 Å². The van der Waals surface area contributed by atoms with Crippen molar-refractivity contribution < 1.29 is 37.5 Å². The number of aromatic nitrogens is 1. The molecule has 8 nitrogen and oxygen atoms in total. The number of thioether (sulfide) groups is 3. The van der Waals surface area contributed by atoms with E-state index in [1.54, 1.807) is 21.3 Å². The average Bonchev–Trinajstić information content (AvgIpc) is 3.38. The maximum atomic E-state index is 13.1. The number of alkyl halides is 3. The van der Waals surface area contributed by atoms with E-state index < -0.39 is 12.1 Å². The van der Waals surface area contributed by atoms with Gasteiger partial charge in [-0.25, -0.2) is 0 Å². The van der Waals surface area contributed by atoms with Crippen molar-refractivity contribution in [3.8, 4) is 0 Å². The zero-order chi connectivity index (χ0) is 32.9. The summed E-state index contributed by atoms with van der Waals surface area (Å²) in [7, 11) is 1.64. The van der Waals surface area contributed by atoms with Crippen LogP contribution in [0.15, 0.2) is 17.2 Å². The number of nitrogens with one attached hydrogen (secondary N) is 1. The first kappa shape index (κ1) is 43.6. The number of hydrogen-bond acceptors (Lipinski definition) is 10. The Labute approximate surface area is 286 Å². The van der Waals surface area contributed by atoms with Gasteiger partial charge in [0.25, 0.3) is 5.91 Å². The van der Waals surface area contributed by atoms with Gasteiger partial charge in [0.2, 0.25) is 6.41 Å². The maximum absolute atomic E-state index is 13.1. The van der Waals surface area contributed by atoms with Crippen LogP contribution >= 0.6 is 89.9 Å². The van der Waals surface area contributed by atoms with Gasteiger partial charge in [0.15, 0.2) is 0 Å². The predicted octanol–water partition coefficient (Wildman–Crippen LogP) is 6.71. The van der Waals surface area contributed by atoms with Gasteiger partial charge in [0, 0.05) is 54.6 Å². The fourth-order valence-electron chi connectivity index (χ4n) is 2.69. The summed E-state index contributed by atoms with van der Waals surface area (Å²) in [5.74, 6) is 1.58. The monoisotopic (exact) mass is 821 g/mol. The molecule has 0 aliphatic carbocycles. The highest BCUT2D eigenvalue weighted by Crippen LogP contribution is 2.27. The lowest BCUT2D eigenvalue weighted by molar-refractivity contribution is -0.933. The minimum absolute atomic E-state index is 0.0581. The van der Waals surface area contributed by atoms with E-state index in [1.165, 1.54) is 51.2 Å². The Morgan fingerprint density at radius 3 is 2.29 bits per heavy atom. The second-order valence-corrected chi connectivity index (χ2v) is 14.1. The molecular weight excluding hydrogens is 785 g/mol. The zero-order valence-corrected chi connectivity index (χ0v) is 31.2. The SMILES string of the molecule is CC.CC(F)(F)F.CCCNC=O.CCN(C(=O)c1ccc(C(=O)N2CCSC2=S)c(SCCSI)[n+]1O)C(=S)SC. The van der Waals surface area contributed by atoms with E-state index in [0.717, 1.165) is 29.2 Å². The van der Waals surface area contributed by atoms with E-state index in [-0.39, 0.29) is 18.5 Å².